The topological polar surface area (TPSA) is 115 Å². The van der Waals surface area contributed by atoms with Crippen molar-refractivity contribution in [3.8, 4) is 11.5 Å². The third-order valence-electron chi connectivity index (χ3n) is 5.38. The van der Waals surface area contributed by atoms with Crippen molar-refractivity contribution in [3.63, 3.8) is 0 Å². The molecular formula is C25H26Cl2FN3O6. The molecule has 2 amide bonds. The SMILES string of the molecule is C=C(CCNC(=O)C1CC(NCC(=O)OC)c2cc(Cl)ccc2O1)NC(=O)COc1ccc(Cl)c(F)c1. The number of methoxy groups -OCH3 is 1. The third-order valence-corrected chi connectivity index (χ3v) is 5.92. The number of nitrogens with one attached hydrogen (secondary N) is 3. The lowest BCUT2D eigenvalue weighted by Gasteiger charge is -2.32. The fourth-order valence-electron chi connectivity index (χ4n) is 3.54. The molecule has 12 heteroatoms. The van der Waals surface area contributed by atoms with Crippen LogP contribution in [0.15, 0.2) is 48.7 Å². The molecule has 0 saturated heterocycles. The van der Waals surface area contributed by atoms with Gasteiger partial charge < -0.3 is 24.8 Å². The highest BCUT2D eigenvalue weighted by molar-refractivity contribution is 6.31. The van der Waals surface area contributed by atoms with Crippen LogP contribution in [-0.4, -0.2) is 50.7 Å². The normalized spacial score (nSPS) is 16.1. The van der Waals surface area contributed by atoms with E-state index in [-0.39, 0.29) is 55.3 Å². The summed E-state index contributed by atoms with van der Waals surface area (Å²) in [6.07, 6.45) is -0.299. The molecule has 9 nitrogen and oxygen atoms in total. The summed E-state index contributed by atoms with van der Waals surface area (Å²) in [6, 6.07) is 8.53. The van der Waals surface area contributed by atoms with Gasteiger partial charge in [-0.3, -0.25) is 19.7 Å². The number of rotatable bonds is 11. The highest BCUT2D eigenvalue weighted by atomic mass is 35.5. The van der Waals surface area contributed by atoms with Gasteiger partial charge >= 0.3 is 5.97 Å². The molecule has 0 bridgehead atoms. The predicted molar refractivity (Wildman–Crippen MR) is 135 cm³/mol. The lowest BCUT2D eigenvalue weighted by molar-refractivity contribution is -0.139. The van der Waals surface area contributed by atoms with Crippen molar-refractivity contribution >= 4 is 41.0 Å². The van der Waals surface area contributed by atoms with Crippen molar-refractivity contribution in [2.75, 3.05) is 26.8 Å². The number of carbonyl (C=O) groups excluding carboxylic acids is 3. The standard InChI is InChI=1S/C25H26Cl2FN3O6/c1-14(31-23(32)13-36-16-4-5-18(27)19(28)10-16)7-8-29-25(34)22-11-20(30-12-24(33)35-2)17-9-15(26)3-6-21(17)37-22/h3-6,9-10,20,22,30H,1,7-8,11-13H2,2H3,(H,29,34)(H,31,32). The maximum absolute atomic E-state index is 13.5. The molecule has 0 aliphatic carbocycles. The second-order valence-corrected chi connectivity index (χ2v) is 8.93. The van der Waals surface area contributed by atoms with Gasteiger partial charge in [0.25, 0.3) is 11.8 Å². The van der Waals surface area contributed by atoms with Gasteiger partial charge in [0.05, 0.1) is 18.7 Å². The van der Waals surface area contributed by atoms with E-state index in [1.165, 1.54) is 19.2 Å². The summed E-state index contributed by atoms with van der Waals surface area (Å²) in [5.41, 5.74) is 1.10. The molecule has 1 heterocycles. The Kier molecular flexibility index (Phi) is 10.1. The van der Waals surface area contributed by atoms with Gasteiger partial charge in [-0.2, -0.15) is 0 Å². The van der Waals surface area contributed by atoms with E-state index in [1.807, 2.05) is 0 Å². The van der Waals surface area contributed by atoms with E-state index < -0.39 is 23.8 Å². The Hall–Kier alpha value is -3.34. The van der Waals surface area contributed by atoms with Gasteiger partial charge in [0.1, 0.15) is 17.3 Å². The number of carbonyl (C=O) groups is 3. The molecule has 0 fully saturated rings. The molecule has 198 valence electrons. The first-order valence-corrected chi connectivity index (χ1v) is 12.0. The van der Waals surface area contributed by atoms with E-state index in [4.69, 9.17) is 32.7 Å². The number of benzene rings is 2. The minimum Gasteiger partial charge on any atom is -0.484 e. The van der Waals surface area contributed by atoms with Crippen LogP contribution in [0.3, 0.4) is 0 Å². The van der Waals surface area contributed by atoms with Gasteiger partial charge in [-0.05, 0) is 30.3 Å². The Morgan fingerprint density at radius 3 is 2.70 bits per heavy atom. The van der Waals surface area contributed by atoms with E-state index in [1.54, 1.807) is 18.2 Å². The summed E-state index contributed by atoms with van der Waals surface area (Å²) in [5, 5.41) is 8.84. The zero-order chi connectivity index (χ0) is 26.9. The highest BCUT2D eigenvalue weighted by Gasteiger charge is 2.33. The molecule has 2 aromatic rings. The first-order chi connectivity index (χ1) is 17.7. The molecule has 0 spiro atoms. The van der Waals surface area contributed by atoms with E-state index >= 15 is 0 Å². The van der Waals surface area contributed by atoms with E-state index in [2.05, 4.69) is 27.3 Å². The number of esters is 1. The van der Waals surface area contributed by atoms with Crippen LogP contribution in [0, 0.1) is 5.82 Å². The quantitative estimate of drug-likeness (QED) is 0.365. The number of amides is 2. The zero-order valence-corrected chi connectivity index (χ0v) is 21.5. The molecule has 3 rings (SSSR count). The molecule has 0 saturated carbocycles. The van der Waals surface area contributed by atoms with Crippen molar-refractivity contribution in [2.24, 2.45) is 0 Å². The summed E-state index contributed by atoms with van der Waals surface area (Å²) < 4.78 is 29.2. The maximum Gasteiger partial charge on any atom is 0.319 e. The van der Waals surface area contributed by atoms with E-state index in [0.717, 1.165) is 11.6 Å². The van der Waals surface area contributed by atoms with Crippen molar-refractivity contribution in [1.82, 2.24) is 16.0 Å². The fourth-order valence-corrected chi connectivity index (χ4v) is 3.83. The fraction of sp³-hybridized carbons (Fsp3) is 0.320. The number of halogens is 3. The maximum atomic E-state index is 13.5. The average Bonchev–Trinajstić information content (AvgIpc) is 2.87. The summed E-state index contributed by atoms with van der Waals surface area (Å²) in [6.45, 7) is 3.56. The van der Waals surface area contributed by atoms with Crippen LogP contribution >= 0.6 is 23.2 Å². The molecule has 2 unspecified atom stereocenters. The molecule has 0 aromatic heterocycles. The van der Waals surface area contributed by atoms with E-state index in [0.29, 0.717) is 16.5 Å². The lowest BCUT2D eigenvalue weighted by atomic mass is 9.96. The Labute approximate surface area is 223 Å². The van der Waals surface area contributed by atoms with Crippen molar-refractivity contribution in [2.45, 2.75) is 25.0 Å². The predicted octanol–water partition coefficient (Wildman–Crippen LogP) is 3.30. The Bertz CT molecular complexity index is 1180. The lowest BCUT2D eigenvalue weighted by Crippen LogP contribution is -2.44. The van der Waals surface area contributed by atoms with Crippen molar-refractivity contribution < 1.29 is 33.0 Å². The second kappa shape index (κ2) is 13.3. The monoisotopic (exact) mass is 553 g/mol. The van der Waals surface area contributed by atoms with Crippen LogP contribution in [0.1, 0.15) is 24.4 Å². The third kappa shape index (κ3) is 8.34. The Morgan fingerprint density at radius 1 is 1.19 bits per heavy atom. The minimum absolute atomic E-state index is 0.0440. The Morgan fingerprint density at radius 2 is 1.97 bits per heavy atom. The van der Waals surface area contributed by atoms with Crippen molar-refractivity contribution in [3.05, 3.63) is 70.1 Å². The summed E-state index contributed by atoms with van der Waals surface area (Å²) in [5.74, 6) is -1.31. The molecule has 2 atom stereocenters. The van der Waals surface area contributed by atoms with Crippen LogP contribution in [0.2, 0.25) is 10.0 Å². The van der Waals surface area contributed by atoms with Gasteiger partial charge in [-0.25, -0.2) is 4.39 Å². The number of fused-ring (bicyclic) bond motifs is 1. The number of hydrogen-bond donors (Lipinski definition) is 3. The molecule has 3 N–H and O–H groups in total. The molecule has 0 radical (unpaired) electrons. The van der Waals surface area contributed by atoms with Gasteiger partial charge in [0.15, 0.2) is 12.7 Å². The van der Waals surface area contributed by atoms with Gasteiger partial charge in [-0.1, -0.05) is 29.8 Å². The molecule has 2 aromatic carbocycles. The smallest absolute Gasteiger partial charge is 0.319 e. The summed E-state index contributed by atoms with van der Waals surface area (Å²) in [7, 11) is 1.29. The van der Waals surface area contributed by atoms with Crippen LogP contribution in [-0.2, 0) is 19.1 Å². The molecular weight excluding hydrogens is 528 g/mol. The summed E-state index contributed by atoms with van der Waals surface area (Å²) in [4.78, 5) is 36.4. The van der Waals surface area contributed by atoms with Crippen LogP contribution < -0.4 is 25.4 Å². The van der Waals surface area contributed by atoms with Gasteiger partial charge in [0.2, 0.25) is 0 Å². The van der Waals surface area contributed by atoms with Crippen molar-refractivity contribution in [1.29, 1.82) is 0 Å². The first-order valence-electron chi connectivity index (χ1n) is 11.3. The average molecular weight is 554 g/mol. The zero-order valence-electron chi connectivity index (χ0n) is 19.9. The minimum atomic E-state index is -0.820. The van der Waals surface area contributed by atoms with Gasteiger partial charge in [0, 0.05) is 47.8 Å². The first kappa shape index (κ1) is 28.2. The second-order valence-electron chi connectivity index (χ2n) is 8.09. The van der Waals surface area contributed by atoms with Crippen LogP contribution in [0.25, 0.3) is 0 Å². The van der Waals surface area contributed by atoms with Crippen LogP contribution in [0.4, 0.5) is 4.39 Å². The molecule has 37 heavy (non-hydrogen) atoms. The van der Waals surface area contributed by atoms with Crippen LogP contribution in [0.5, 0.6) is 11.5 Å². The summed E-state index contributed by atoms with van der Waals surface area (Å²) >= 11 is 11.7. The highest BCUT2D eigenvalue weighted by Crippen LogP contribution is 2.36. The Balaban J connectivity index is 1.45. The largest absolute Gasteiger partial charge is 0.484 e. The van der Waals surface area contributed by atoms with Gasteiger partial charge in [-0.15, -0.1) is 0 Å². The molecule has 1 aliphatic rings. The molecule has 1 aliphatic heterocycles. The number of hydrogen-bond acceptors (Lipinski definition) is 7. The number of ether oxygens (including phenoxy) is 3. The van der Waals surface area contributed by atoms with E-state index in [9.17, 15) is 18.8 Å².